The lowest BCUT2D eigenvalue weighted by molar-refractivity contribution is -0.119. The van der Waals surface area contributed by atoms with E-state index in [1.165, 1.54) is 0 Å². The Morgan fingerprint density at radius 1 is 1.32 bits per heavy atom. The second-order valence-electron chi connectivity index (χ2n) is 6.43. The van der Waals surface area contributed by atoms with Crippen LogP contribution in [0.15, 0.2) is 30.7 Å². The van der Waals surface area contributed by atoms with Crippen molar-refractivity contribution in [3.05, 3.63) is 41.9 Å². The molecule has 1 fully saturated rings. The number of aromatic nitrogens is 4. The van der Waals surface area contributed by atoms with Crippen molar-refractivity contribution in [1.29, 1.82) is 0 Å². The van der Waals surface area contributed by atoms with E-state index in [1.807, 2.05) is 38.5 Å². The summed E-state index contributed by atoms with van der Waals surface area (Å²) in [5.41, 5.74) is 3.88. The first-order valence-electron chi connectivity index (χ1n) is 8.05. The zero-order chi connectivity index (χ0) is 16.7. The average molecular weight is 361 g/mol. The molecule has 1 saturated heterocycles. The Morgan fingerprint density at radius 3 is 2.92 bits per heavy atom. The van der Waals surface area contributed by atoms with Gasteiger partial charge in [0, 0.05) is 43.3 Å². The number of aromatic amines is 1. The highest BCUT2D eigenvalue weighted by Gasteiger charge is 2.34. The highest BCUT2D eigenvalue weighted by atomic mass is 35.5. The van der Waals surface area contributed by atoms with Crippen molar-refractivity contribution in [2.45, 2.75) is 12.8 Å². The summed E-state index contributed by atoms with van der Waals surface area (Å²) in [4.78, 5) is 12.8. The molecular formula is C17H21ClN6O. The van der Waals surface area contributed by atoms with Gasteiger partial charge in [0.05, 0.1) is 23.8 Å². The van der Waals surface area contributed by atoms with Crippen molar-refractivity contribution < 1.29 is 4.79 Å². The Kier molecular flexibility index (Phi) is 4.78. The Balaban J connectivity index is 0.00000182. The lowest BCUT2D eigenvalue weighted by Crippen LogP contribution is -2.28. The van der Waals surface area contributed by atoms with E-state index in [2.05, 4.69) is 25.9 Å². The van der Waals surface area contributed by atoms with E-state index in [-0.39, 0.29) is 30.2 Å². The normalized spacial score (nSPS) is 19.8. The van der Waals surface area contributed by atoms with Crippen LogP contribution in [0, 0.1) is 12.8 Å². The summed E-state index contributed by atoms with van der Waals surface area (Å²) in [6.45, 7) is 3.46. The predicted molar refractivity (Wildman–Crippen MR) is 99.0 cm³/mol. The second-order valence-corrected chi connectivity index (χ2v) is 6.43. The van der Waals surface area contributed by atoms with Crippen LogP contribution < -0.4 is 10.6 Å². The molecule has 8 heteroatoms. The summed E-state index contributed by atoms with van der Waals surface area (Å²) in [6.07, 6.45) is 5.62. The molecule has 1 aromatic carbocycles. The molecule has 3 aromatic rings. The molecule has 2 aromatic heterocycles. The maximum atomic E-state index is 12.8. The van der Waals surface area contributed by atoms with Gasteiger partial charge in [-0.05, 0) is 30.2 Å². The van der Waals surface area contributed by atoms with E-state index in [0.29, 0.717) is 6.54 Å². The van der Waals surface area contributed by atoms with Crippen molar-refractivity contribution in [3.8, 4) is 0 Å². The number of fused-ring (bicyclic) bond motifs is 1. The van der Waals surface area contributed by atoms with Gasteiger partial charge in [0.15, 0.2) is 0 Å². The van der Waals surface area contributed by atoms with Crippen LogP contribution in [0.25, 0.3) is 10.9 Å². The van der Waals surface area contributed by atoms with Gasteiger partial charge in [0.1, 0.15) is 0 Å². The first-order valence-corrected chi connectivity index (χ1v) is 8.05. The van der Waals surface area contributed by atoms with Crippen molar-refractivity contribution in [3.63, 3.8) is 0 Å². The number of aryl methyl sites for hydroxylation is 2. The van der Waals surface area contributed by atoms with E-state index < -0.39 is 0 Å². The molecule has 1 aliphatic heterocycles. The van der Waals surface area contributed by atoms with Gasteiger partial charge in [-0.1, -0.05) is 0 Å². The monoisotopic (exact) mass is 360 g/mol. The van der Waals surface area contributed by atoms with Crippen molar-refractivity contribution in [2.24, 2.45) is 13.0 Å². The van der Waals surface area contributed by atoms with Gasteiger partial charge in [-0.3, -0.25) is 14.6 Å². The smallest absolute Gasteiger partial charge is 0.229 e. The average Bonchev–Trinajstić information content (AvgIpc) is 3.26. The highest BCUT2D eigenvalue weighted by molar-refractivity contribution is 5.96. The summed E-state index contributed by atoms with van der Waals surface area (Å²) >= 11 is 0. The van der Waals surface area contributed by atoms with Crippen LogP contribution in [0.1, 0.15) is 17.0 Å². The molecule has 132 valence electrons. The number of nitrogens with one attached hydrogen (secondary N) is 3. The molecule has 0 aliphatic carbocycles. The molecule has 1 amide bonds. The molecule has 0 radical (unpaired) electrons. The second kappa shape index (κ2) is 6.85. The minimum atomic E-state index is -0.105. The molecule has 25 heavy (non-hydrogen) atoms. The molecule has 1 aliphatic rings. The zero-order valence-corrected chi connectivity index (χ0v) is 14.9. The molecular weight excluding hydrogens is 340 g/mol. The van der Waals surface area contributed by atoms with Crippen LogP contribution in [-0.2, 0) is 11.8 Å². The number of benzene rings is 1. The number of halogens is 1. The first-order chi connectivity index (χ1) is 11.6. The molecule has 0 saturated carbocycles. The van der Waals surface area contributed by atoms with Crippen LogP contribution in [0.4, 0.5) is 5.69 Å². The van der Waals surface area contributed by atoms with Gasteiger partial charge in [-0.2, -0.15) is 10.2 Å². The third kappa shape index (κ3) is 3.25. The minimum absolute atomic E-state index is 0. The van der Waals surface area contributed by atoms with Gasteiger partial charge in [-0.25, -0.2) is 0 Å². The molecule has 4 rings (SSSR count). The summed E-state index contributed by atoms with van der Waals surface area (Å²) in [5, 5.41) is 18.7. The van der Waals surface area contributed by atoms with Crippen LogP contribution in [-0.4, -0.2) is 39.0 Å². The van der Waals surface area contributed by atoms with Gasteiger partial charge >= 0.3 is 0 Å². The van der Waals surface area contributed by atoms with Gasteiger partial charge in [-0.15, -0.1) is 12.4 Å². The van der Waals surface area contributed by atoms with Crippen molar-refractivity contribution in [2.75, 3.05) is 18.4 Å². The maximum absolute atomic E-state index is 12.8. The Labute approximate surface area is 151 Å². The fraction of sp³-hybridized carbons (Fsp3) is 0.353. The number of hydrogen-bond acceptors (Lipinski definition) is 4. The minimum Gasteiger partial charge on any atom is -0.325 e. The first kappa shape index (κ1) is 17.4. The van der Waals surface area contributed by atoms with Gasteiger partial charge in [0.2, 0.25) is 5.91 Å². The van der Waals surface area contributed by atoms with Crippen LogP contribution in [0.2, 0.25) is 0 Å². The van der Waals surface area contributed by atoms with Crippen molar-refractivity contribution >= 4 is 34.9 Å². The Hall–Kier alpha value is -2.38. The number of rotatable bonds is 3. The number of carbonyl (C=O) groups excluding carboxylic acids is 1. The quantitative estimate of drug-likeness (QED) is 0.666. The lowest BCUT2D eigenvalue weighted by Gasteiger charge is -2.18. The number of H-pyrrole nitrogens is 1. The fourth-order valence-corrected chi connectivity index (χ4v) is 3.40. The topological polar surface area (TPSA) is 87.6 Å². The Morgan fingerprint density at radius 2 is 2.16 bits per heavy atom. The maximum Gasteiger partial charge on any atom is 0.229 e. The number of nitrogens with zero attached hydrogens (tertiary/aromatic N) is 3. The molecule has 0 bridgehead atoms. The van der Waals surface area contributed by atoms with E-state index in [1.54, 1.807) is 10.9 Å². The highest BCUT2D eigenvalue weighted by Crippen LogP contribution is 2.30. The molecule has 3 heterocycles. The van der Waals surface area contributed by atoms with Gasteiger partial charge < -0.3 is 10.6 Å². The lowest BCUT2D eigenvalue weighted by atomic mass is 9.90. The third-order valence-corrected chi connectivity index (χ3v) is 4.75. The fourth-order valence-electron chi connectivity index (χ4n) is 3.40. The predicted octanol–water partition coefficient (Wildman–Crippen LogP) is 1.97. The summed E-state index contributed by atoms with van der Waals surface area (Å²) < 4.78 is 1.78. The molecule has 3 N–H and O–H groups in total. The van der Waals surface area contributed by atoms with E-state index in [4.69, 9.17) is 0 Å². The van der Waals surface area contributed by atoms with Crippen LogP contribution in [0.5, 0.6) is 0 Å². The van der Waals surface area contributed by atoms with Crippen LogP contribution in [0.3, 0.4) is 0 Å². The van der Waals surface area contributed by atoms with E-state index in [9.17, 15) is 4.79 Å². The number of amides is 1. The molecule has 0 unspecified atom stereocenters. The standard InChI is InChI=1S/C17H20N6O.ClH/c1-10-3-11-5-19-22-16(11)4-15(10)21-17(24)14-8-18-7-13(14)12-6-20-23(2)9-12;/h3-6,9,13-14,18H,7-8H2,1-2H3,(H,19,22)(H,21,24);1H/t13-,14+;/m1./s1. The largest absolute Gasteiger partial charge is 0.325 e. The van der Waals surface area contributed by atoms with Crippen LogP contribution >= 0.6 is 12.4 Å². The van der Waals surface area contributed by atoms with Crippen molar-refractivity contribution in [1.82, 2.24) is 25.3 Å². The summed E-state index contributed by atoms with van der Waals surface area (Å²) in [5.74, 6) is 0.0803. The summed E-state index contributed by atoms with van der Waals surface area (Å²) in [6, 6.07) is 3.97. The zero-order valence-electron chi connectivity index (χ0n) is 14.1. The molecule has 7 nitrogen and oxygen atoms in total. The number of carbonyl (C=O) groups is 1. The van der Waals surface area contributed by atoms with E-state index >= 15 is 0 Å². The molecule has 2 atom stereocenters. The SMILES string of the molecule is Cc1cc2cn[nH]c2cc1NC(=O)[C@H]1CNC[C@@H]1c1cnn(C)c1.Cl. The Bertz CT molecular complexity index is 902. The third-order valence-electron chi connectivity index (χ3n) is 4.75. The summed E-state index contributed by atoms with van der Waals surface area (Å²) in [7, 11) is 1.89. The number of hydrogen-bond donors (Lipinski definition) is 3. The number of anilines is 1. The molecule has 0 spiro atoms. The van der Waals surface area contributed by atoms with E-state index in [0.717, 1.165) is 34.3 Å². The van der Waals surface area contributed by atoms with Gasteiger partial charge in [0.25, 0.3) is 0 Å².